The molecule has 0 radical (unpaired) electrons. The summed E-state index contributed by atoms with van der Waals surface area (Å²) in [6.07, 6.45) is 7.00. The molecule has 2 saturated carbocycles. The van der Waals surface area contributed by atoms with Crippen molar-refractivity contribution in [1.82, 2.24) is 9.80 Å². The van der Waals surface area contributed by atoms with E-state index in [0.29, 0.717) is 11.0 Å². The Hall–Kier alpha value is 0.400. The lowest BCUT2D eigenvalue weighted by molar-refractivity contribution is 0.0238. The summed E-state index contributed by atoms with van der Waals surface area (Å²) in [7, 11) is 6.78. The molecule has 2 nitrogen and oxygen atoms in total. The van der Waals surface area contributed by atoms with Gasteiger partial charge in [-0.3, -0.25) is 0 Å². The molecule has 2 rings (SSSR count). The Morgan fingerprint density at radius 1 is 1.00 bits per heavy atom. The van der Waals surface area contributed by atoms with Crippen LogP contribution in [0, 0.1) is 5.41 Å². The number of halogens is 1. The first-order valence-corrected chi connectivity index (χ1v) is 7.56. The zero-order valence-electron chi connectivity index (χ0n) is 10.9. The molecule has 0 spiro atoms. The number of hydrogen-bond acceptors (Lipinski definition) is 2. The lowest BCUT2D eigenvalue weighted by Gasteiger charge is -2.49. The monoisotopic (exact) mass is 288 g/mol. The summed E-state index contributed by atoms with van der Waals surface area (Å²) in [4.78, 5) is 5.01. The number of rotatable bonds is 6. The van der Waals surface area contributed by atoms with E-state index in [2.05, 4.69) is 46.9 Å². The van der Waals surface area contributed by atoms with Gasteiger partial charge in [-0.05, 0) is 58.7 Å². The molecule has 0 aromatic rings. The highest BCUT2D eigenvalue weighted by Gasteiger charge is 2.45. The maximum Gasteiger partial charge on any atom is 0.0330 e. The molecule has 0 aromatic carbocycles. The Bertz CT molecular complexity index is 244. The highest BCUT2D eigenvalue weighted by molar-refractivity contribution is 9.09. The van der Waals surface area contributed by atoms with Gasteiger partial charge < -0.3 is 9.80 Å². The topological polar surface area (TPSA) is 6.48 Å². The van der Waals surface area contributed by atoms with Crippen LogP contribution in [-0.4, -0.2) is 54.9 Å². The predicted octanol–water partition coefficient (Wildman–Crippen LogP) is 2.58. The van der Waals surface area contributed by atoms with Crippen molar-refractivity contribution in [2.24, 2.45) is 5.41 Å². The summed E-state index contributed by atoms with van der Waals surface area (Å²) in [6, 6.07) is 0. The minimum absolute atomic E-state index is 0.483. The van der Waals surface area contributed by atoms with Gasteiger partial charge in [-0.15, -0.1) is 0 Å². The summed E-state index contributed by atoms with van der Waals surface area (Å²) in [5.74, 6) is 0. The van der Waals surface area contributed by atoms with Crippen molar-refractivity contribution in [3.8, 4) is 0 Å². The maximum atomic E-state index is 3.66. The summed E-state index contributed by atoms with van der Waals surface area (Å²) in [5.41, 5.74) is 1.10. The quantitative estimate of drug-likeness (QED) is 0.693. The van der Waals surface area contributed by atoms with Gasteiger partial charge in [0.1, 0.15) is 0 Å². The average molecular weight is 289 g/mol. The van der Waals surface area contributed by atoms with Crippen molar-refractivity contribution < 1.29 is 0 Å². The van der Waals surface area contributed by atoms with Crippen LogP contribution in [-0.2, 0) is 0 Å². The van der Waals surface area contributed by atoms with Crippen LogP contribution < -0.4 is 0 Å². The van der Waals surface area contributed by atoms with Gasteiger partial charge in [-0.2, -0.15) is 0 Å². The summed E-state index contributed by atoms with van der Waals surface area (Å²) in [6.45, 7) is 2.52. The van der Waals surface area contributed by atoms with E-state index in [1.54, 1.807) is 0 Å². The lowest BCUT2D eigenvalue weighted by atomic mass is 9.75. The smallest absolute Gasteiger partial charge is 0.0330 e. The van der Waals surface area contributed by atoms with Crippen LogP contribution in [0.5, 0.6) is 0 Å². The van der Waals surface area contributed by atoms with Crippen molar-refractivity contribution >= 4 is 15.9 Å². The van der Waals surface area contributed by atoms with Crippen LogP contribution in [0.4, 0.5) is 0 Å². The highest BCUT2D eigenvalue weighted by atomic mass is 79.9. The molecule has 0 aliphatic heterocycles. The number of hydrogen-bond donors (Lipinski definition) is 0. The van der Waals surface area contributed by atoms with Crippen molar-refractivity contribution in [2.45, 2.75) is 37.6 Å². The minimum Gasteiger partial charge on any atom is -0.304 e. The molecule has 0 atom stereocenters. The lowest BCUT2D eigenvalue weighted by Crippen LogP contribution is -2.57. The van der Waals surface area contributed by atoms with E-state index in [1.165, 1.54) is 50.5 Å². The Kier molecular flexibility index (Phi) is 3.68. The fraction of sp³-hybridized carbons (Fsp3) is 1.00. The van der Waals surface area contributed by atoms with Gasteiger partial charge in [-0.1, -0.05) is 15.9 Å². The molecule has 2 aliphatic carbocycles. The SMILES string of the molecule is CN(CC1(CBr)CC1)CC1(N(C)C)CCC1. The zero-order valence-corrected chi connectivity index (χ0v) is 12.5. The van der Waals surface area contributed by atoms with E-state index in [4.69, 9.17) is 0 Å². The molecule has 0 amide bonds. The average Bonchev–Trinajstić information content (AvgIpc) is 2.91. The molecule has 16 heavy (non-hydrogen) atoms. The third-order valence-electron chi connectivity index (χ3n) is 4.64. The fourth-order valence-corrected chi connectivity index (χ4v) is 3.71. The molecule has 2 fully saturated rings. The van der Waals surface area contributed by atoms with Crippen LogP contribution in [0.2, 0.25) is 0 Å². The number of likely N-dealkylation sites (N-methyl/N-ethyl adjacent to an activating group) is 2. The third-order valence-corrected chi connectivity index (χ3v) is 5.83. The second-order valence-corrected chi connectivity index (χ2v) is 6.84. The van der Waals surface area contributed by atoms with E-state index in [1.807, 2.05) is 0 Å². The molecule has 94 valence electrons. The van der Waals surface area contributed by atoms with Crippen molar-refractivity contribution in [3.63, 3.8) is 0 Å². The molecule has 0 unspecified atom stereocenters. The zero-order chi connectivity index (χ0) is 11.8. The van der Waals surface area contributed by atoms with Gasteiger partial charge in [0.2, 0.25) is 0 Å². The van der Waals surface area contributed by atoms with Gasteiger partial charge in [0.25, 0.3) is 0 Å². The van der Waals surface area contributed by atoms with Crippen LogP contribution >= 0.6 is 15.9 Å². The van der Waals surface area contributed by atoms with Crippen LogP contribution in [0.15, 0.2) is 0 Å². The first kappa shape index (κ1) is 12.8. The first-order valence-electron chi connectivity index (χ1n) is 6.44. The van der Waals surface area contributed by atoms with Gasteiger partial charge in [0.15, 0.2) is 0 Å². The van der Waals surface area contributed by atoms with E-state index in [-0.39, 0.29) is 0 Å². The highest BCUT2D eigenvalue weighted by Crippen LogP contribution is 2.48. The summed E-state index contributed by atoms with van der Waals surface area (Å²) in [5, 5.41) is 1.18. The normalized spacial score (nSPS) is 25.9. The molecule has 0 aromatic heterocycles. The molecule has 0 saturated heterocycles. The van der Waals surface area contributed by atoms with E-state index < -0.39 is 0 Å². The minimum atomic E-state index is 0.483. The molecular formula is C13H25BrN2. The molecular weight excluding hydrogens is 264 g/mol. The standard InChI is InChI=1S/C13H25BrN2/c1-15(2)13(5-4-6-13)11-16(3)10-12(9-14)7-8-12/h4-11H2,1-3H3. The van der Waals surface area contributed by atoms with Crippen LogP contribution in [0.25, 0.3) is 0 Å². The molecule has 0 N–H and O–H groups in total. The molecule has 2 aliphatic rings. The first-order chi connectivity index (χ1) is 7.52. The molecule has 0 heterocycles. The van der Waals surface area contributed by atoms with Crippen LogP contribution in [0.1, 0.15) is 32.1 Å². The fourth-order valence-electron chi connectivity index (χ4n) is 2.97. The molecule has 3 heteroatoms. The van der Waals surface area contributed by atoms with Gasteiger partial charge in [0, 0.05) is 24.0 Å². The maximum absolute atomic E-state index is 3.66. The Labute approximate surface area is 108 Å². The van der Waals surface area contributed by atoms with E-state index in [9.17, 15) is 0 Å². The molecule has 0 bridgehead atoms. The van der Waals surface area contributed by atoms with Crippen LogP contribution in [0.3, 0.4) is 0 Å². The largest absolute Gasteiger partial charge is 0.304 e. The Morgan fingerprint density at radius 3 is 1.94 bits per heavy atom. The van der Waals surface area contributed by atoms with Crippen molar-refractivity contribution in [2.75, 3.05) is 39.6 Å². The number of alkyl halides is 1. The predicted molar refractivity (Wildman–Crippen MR) is 73.2 cm³/mol. The van der Waals surface area contributed by atoms with E-state index >= 15 is 0 Å². The van der Waals surface area contributed by atoms with E-state index in [0.717, 1.165) is 0 Å². The van der Waals surface area contributed by atoms with Crippen molar-refractivity contribution in [3.05, 3.63) is 0 Å². The van der Waals surface area contributed by atoms with Gasteiger partial charge >= 0.3 is 0 Å². The second kappa shape index (κ2) is 4.58. The van der Waals surface area contributed by atoms with Crippen molar-refractivity contribution in [1.29, 1.82) is 0 Å². The summed E-state index contributed by atoms with van der Waals surface area (Å²) < 4.78 is 0. The second-order valence-electron chi connectivity index (χ2n) is 6.28. The third kappa shape index (κ3) is 2.46. The summed E-state index contributed by atoms with van der Waals surface area (Å²) >= 11 is 3.66. The van der Waals surface area contributed by atoms with Gasteiger partial charge in [0.05, 0.1) is 0 Å². The Balaban J connectivity index is 1.84. The number of nitrogens with zero attached hydrogens (tertiary/aromatic N) is 2. The van der Waals surface area contributed by atoms with Gasteiger partial charge in [-0.25, -0.2) is 0 Å². The Morgan fingerprint density at radius 2 is 1.62 bits per heavy atom.